The molecule has 1 saturated heterocycles. The minimum Gasteiger partial charge on any atom is -0.325 e. The summed E-state index contributed by atoms with van der Waals surface area (Å²) in [6, 6.07) is 5.75. The van der Waals surface area contributed by atoms with E-state index < -0.39 is 16.1 Å². The third-order valence-corrected chi connectivity index (χ3v) is 6.03. The summed E-state index contributed by atoms with van der Waals surface area (Å²) in [7, 11) is -1.58. The minimum atomic E-state index is -3.55. The van der Waals surface area contributed by atoms with Crippen LogP contribution in [0, 0.1) is 0 Å². The smallest absolute Gasteiger partial charge is 0.243 e. The van der Waals surface area contributed by atoms with Crippen molar-refractivity contribution >= 4 is 46.4 Å². The van der Waals surface area contributed by atoms with Gasteiger partial charge in [-0.25, -0.2) is 8.42 Å². The molecule has 1 fully saturated rings. The number of carbonyl (C=O) groups excluding carboxylic acids is 1. The zero-order chi connectivity index (χ0) is 17.7. The van der Waals surface area contributed by atoms with Gasteiger partial charge in [0.25, 0.3) is 0 Å². The van der Waals surface area contributed by atoms with Gasteiger partial charge in [-0.2, -0.15) is 4.31 Å². The van der Waals surface area contributed by atoms with Gasteiger partial charge in [0.1, 0.15) is 0 Å². The molecule has 0 saturated carbocycles. The number of carbonyl (C=O) groups is 1. The highest BCUT2D eigenvalue weighted by Gasteiger charge is 2.27. The number of nitrogens with two attached hydrogens (primary N) is 1. The number of nitrogens with zero attached hydrogens (tertiary/aromatic N) is 2. The first-order valence-corrected chi connectivity index (χ1v) is 9.64. The summed E-state index contributed by atoms with van der Waals surface area (Å²) in [6.07, 6.45) is 1.40. The van der Waals surface area contributed by atoms with Gasteiger partial charge in [-0.05, 0) is 31.7 Å². The molecule has 1 unspecified atom stereocenters. The first-order chi connectivity index (χ1) is 11.3. The van der Waals surface area contributed by atoms with Crippen molar-refractivity contribution in [3.8, 4) is 0 Å². The number of likely N-dealkylation sites (N-methyl/N-ethyl adjacent to an activating group) is 1. The fourth-order valence-electron chi connectivity index (χ4n) is 2.59. The monoisotopic (exact) mass is 426 g/mol. The van der Waals surface area contributed by atoms with Crippen LogP contribution < -0.4 is 11.1 Å². The lowest BCUT2D eigenvalue weighted by Crippen LogP contribution is -2.47. The van der Waals surface area contributed by atoms with Crippen molar-refractivity contribution in [3.05, 3.63) is 24.3 Å². The first-order valence-electron chi connectivity index (χ1n) is 8.20. The van der Waals surface area contributed by atoms with Crippen LogP contribution in [0.2, 0.25) is 0 Å². The molecule has 26 heavy (non-hydrogen) atoms. The second-order valence-electron chi connectivity index (χ2n) is 6.12. The lowest BCUT2D eigenvalue weighted by atomic mass is 10.1. The van der Waals surface area contributed by atoms with E-state index in [0.717, 1.165) is 6.42 Å². The Balaban J connectivity index is 0.00000312. The summed E-state index contributed by atoms with van der Waals surface area (Å²) >= 11 is 0. The number of hydrogen-bond acceptors (Lipinski definition) is 5. The minimum absolute atomic E-state index is 0. The van der Waals surface area contributed by atoms with Crippen LogP contribution in [0.1, 0.15) is 19.8 Å². The van der Waals surface area contributed by atoms with Crippen molar-refractivity contribution in [1.82, 2.24) is 9.21 Å². The second-order valence-corrected chi connectivity index (χ2v) is 8.06. The molecule has 3 N–H and O–H groups in total. The Kier molecular flexibility index (Phi) is 10.7. The third-order valence-electron chi connectivity index (χ3n) is 4.14. The van der Waals surface area contributed by atoms with Gasteiger partial charge in [-0.15, -0.1) is 24.8 Å². The number of piperazine rings is 1. The molecule has 1 amide bonds. The molecular weight excluding hydrogens is 399 g/mol. The van der Waals surface area contributed by atoms with Crippen molar-refractivity contribution in [3.63, 3.8) is 0 Å². The first kappa shape index (κ1) is 25.1. The van der Waals surface area contributed by atoms with Crippen LogP contribution in [0.15, 0.2) is 29.2 Å². The summed E-state index contributed by atoms with van der Waals surface area (Å²) in [6.45, 7) is 4.31. The van der Waals surface area contributed by atoms with E-state index in [1.54, 1.807) is 18.2 Å². The molecule has 0 aliphatic carbocycles. The Morgan fingerprint density at radius 2 is 1.85 bits per heavy atom. The molecule has 0 radical (unpaired) electrons. The molecule has 1 aromatic carbocycles. The Morgan fingerprint density at radius 3 is 2.42 bits per heavy atom. The molecule has 0 spiro atoms. The predicted molar refractivity (Wildman–Crippen MR) is 109 cm³/mol. The number of amides is 1. The van der Waals surface area contributed by atoms with Gasteiger partial charge in [0.05, 0.1) is 10.9 Å². The summed E-state index contributed by atoms with van der Waals surface area (Å²) in [5.41, 5.74) is 6.23. The quantitative estimate of drug-likeness (QED) is 0.718. The van der Waals surface area contributed by atoms with Crippen molar-refractivity contribution < 1.29 is 13.2 Å². The molecule has 1 aromatic rings. The molecule has 150 valence electrons. The number of nitrogens with one attached hydrogen (secondary N) is 1. The number of anilines is 1. The lowest BCUT2D eigenvalue weighted by molar-refractivity contribution is -0.117. The maximum absolute atomic E-state index is 12.7. The Bertz CT molecular complexity index is 680. The molecule has 1 heterocycles. The van der Waals surface area contributed by atoms with E-state index in [1.807, 2.05) is 14.0 Å². The average molecular weight is 427 g/mol. The lowest BCUT2D eigenvalue weighted by Gasteiger charge is -2.31. The van der Waals surface area contributed by atoms with Gasteiger partial charge >= 0.3 is 0 Å². The third kappa shape index (κ3) is 6.37. The molecule has 0 bridgehead atoms. The van der Waals surface area contributed by atoms with E-state index in [2.05, 4.69) is 10.2 Å². The number of hydrogen-bond donors (Lipinski definition) is 2. The topological polar surface area (TPSA) is 95.7 Å². The van der Waals surface area contributed by atoms with Crippen molar-refractivity contribution in [2.75, 3.05) is 38.5 Å². The van der Waals surface area contributed by atoms with Gasteiger partial charge in [0, 0.05) is 31.9 Å². The van der Waals surface area contributed by atoms with Gasteiger partial charge in [0.2, 0.25) is 15.9 Å². The summed E-state index contributed by atoms with van der Waals surface area (Å²) in [4.78, 5) is 14.3. The van der Waals surface area contributed by atoms with E-state index in [4.69, 9.17) is 5.73 Å². The molecule has 0 aromatic heterocycles. The van der Waals surface area contributed by atoms with Crippen LogP contribution in [-0.2, 0) is 14.8 Å². The largest absolute Gasteiger partial charge is 0.325 e. The average Bonchev–Trinajstić information content (AvgIpc) is 2.55. The zero-order valence-electron chi connectivity index (χ0n) is 15.1. The number of benzene rings is 1. The van der Waals surface area contributed by atoms with Crippen LogP contribution in [0.3, 0.4) is 0 Å². The maximum atomic E-state index is 12.7. The van der Waals surface area contributed by atoms with Crippen molar-refractivity contribution in [2.24, 2.45) is 5.73 Å². The standard InChI is InChI=1S/C16H26N4O3S.2ClH/c1-3-5-15(17)16(21)18-13-6-4-7-14(12-13)24(22,23)20-10-8-19(2)9-11-20;;/h4,6-7,12,15H,3,5,8-11,17H2,1-2H3,(H,18,21);2*1H. The van der Waals surface area contributed by atoms with Crippen LogP contribution in [-0.4, -0.2) is 62.8 Å². The molecule has 2 rings (SSSR count). The number of rotatable bonds is 6. The van der Waals surface area contributed by atoms with Crippen LogP contribution in [0.4, 0.5) is 5.69 Å². The van der Waals surface area contributed by atoms with E-state index in [1.165, 1.54) is 10.4 Å². The number of halogens is 2. The molecule has 10 heteroatoms. The van der Waals surface area contributed by atoms with Gasteiger partial charge in [0.15, 0.2) is 0 Å². The highest BCUT2D eigenvalue weighted by molar-refractivity contribution is 7.89. The van der Waals surface area contributed by atoms with Crippen molar-refractivity contribution in [1.29, 1.82) is 0 Å². The second kappa shape index (κ2) is 11.1. The fraction of sp³-hybridized carbons (Fsp3) is 0.562. The summed E-state index contributed by atoms with van der Waals surface area (Å²) in [5, 5.41) is 2.69. The zero-order valence-corrected chi connectivity index (χ0v) is 17.5. The van der Waals surface area contributed by atoms with E-state index in [9.17, 15) is 13.2 Å². The predicted octanol–water partition coefficient (Wildman–Crippen LogP) is 1.53. The normalized spacial score (nSPS) is 16.9. The molecule has 1 atom stereocenters. The summed E-state index contributed by atoms with van der Waals surface area (Å²) < 4.78 is 27.0. The molecule has 7 nitrogen and oxygen atoms in total. The van der Waals surface area contributed by atoms with Gasteiger partial charge in [-0.1, -0.05) is 19.4 Å². The number of sulfonamides is 1. The SMILES string of the molecule is CCCC(N)C(=O)Nc1cccc(S(=O)(=O)N2CCN(C)CC2)c1.Cl.Cl. The molecular formula is C16H28Cl2N4O3S. The molecule has 1 aliphatic rings. The van der Waals surface area contributed by atoms with Gasteiger partial charge in [-0.3, -0.25) is 4.79 Å². The highest BCUT2D eigenvalue weighted by Crippen LogP contribution is 2.21. The van der Waals surface area contributed by atoms with E-state index >= 15 is 0 Å². The van der Waals surface area contributed by atoms with Crippen LogP contribution in [0.25, 0.3) is 0 Å². The van der Waals surface area contributed by atoms with Crippen molar-refractivity contribution in [2.45, 2.75) is 30.7 Å². The molecule has 1 aliphatic heterocycles. The fourth-order valence-corrected chi connectivity index (χ4v) is 4.06. The van der Waals surface area contributed by atoms with Crippen LogP contribution in [0.5, 0.6) is 0 Å². The highest BCUT2D eigenvalue weighted by atomic mass is 35.5. The van der Waals surface area contributed by atoms with E-state index in [0.29, 0.717) is 38.3 Å². The van der Waals surface area contributed by atoms with Gasteiger partial charge < -0.3 is 16.0 Å². The Hall–Kier alpha value is -0.900. The Morgan fingerprint density at radius 1 is 1.23 bits per heavy atom. The van der Waals surface area contributed by atoms with Crippen LogP contribution >= 0.6 is 24.8 Å². The maximum Gasteiger partial charge on any atom is 0.243 e. The Labute approximate surface area is 168 Å². The summed E-state index contributed by atoms with van der Waals surface area (Å²) in [5.74, 6) is -0.300. The van der Waals surface area contributed by atoms with E-state index in [-0.39, 0.29) is 35.6 Å².